The van der Waals surface area contributed by atoms with Gasteiger partial charge in [0, 0.05) is 0 Å². The second kappa shape index (κ2) is 4.33. The Hall–Kier alpha value is -0.860. The zero-order valence-electron chi connectivity index (χ0n) is 9.44. The fourth-order valence-corrected chi connectivity index (χ4v) is 2.16. The Morgan fingerprint density at radius 2 is 2.00 bits per heavy atom. The summed E-state index contributed by atoms with van der Waals surface area (Å²) in [6.45, 7) is 5.09. The first-order valence-electron chi connectivity index (χ1n) is 5.64. The molecule has 15 heavy (non-hydrogen) atoms. The molecule has 0 bridgehead atoms. The molecule has 82 valence electrons. The number of fused-ring (bicyclic) bond motifs is 1. The number of ether oxygens (including phenoxy) is 1. The van der Waals surface area contributed by atoms with Gasteiger partial charge in [-0.25, -0.2) is 0 Å². The summed E-state index contributed by atoms with van der Waals surface area (Å²) in [5.41, 5.74) is 8.56. The topological polar surface area (TPSA) is 35.2 Å². The van der Waals surface area contributed by atoms with Crippen molar-refractivity contribution in [2.24, 2.45) is 11.7 Å². The molecule has 2 atom stereocenters. The van der Waals surface area contributed by atoms with E-state index >= 15 is 0 Å². The number of hydrogen-bond acceptors (Lipinski definition) is 2. The Kier molecular flexibility index (Phi) is 3.08. The Labute approximate surface area is 91.4 Å². The van der Waals surface area contributed by atoms with Gasteiger partial charge in [-0.15, -0.1) is 0 Å². The molecule has 0 aromatic heterocycles. The molecule has 1 aliphatic rings. The van der Waals surface area contributed by atoms with Crippen LogP contribution in [0.4, 0.5) is 0 Å². The van der Waals surface area contributed by atoms with Crippen LogP contribution < -0.4 is 5.73 Å². The Bertz CT molecular complexity index is 335. The van der Waals surface area contributed by atoms with E-state index in [0.717, 1.165) is 6.42 Å². The molecule has 0 saturated heterocycles. The maximum atomic E-state index is 6.01. The highest BCUT2D eigenvalue weighted by atomic mass is 16.5. The van der Waals surface area contributed by atoms with Gasteiger partial charge in [-0.1, -0.05) is 38.1 Å². The van der Waals surface area contributed by atoms with Crippen LogP contribution in [0.3, 0.4) is 0 Å². The zero-order chi connectivity index (χ0) is 10.8. The minimum Gasteiger partial charge on any atom is -0.372 e. The molecular weight excluding hydrogens is 186 g/mol. The molecule has 0 fully saturated rings. The highest BCUT2D eigenvalue weighted by Gasteiger charge is 2.25. The monoisotopic (exact) mass is 205 g/mol. The lowest BCUT2D eigenvalue weighted by Crippen LogP contribution is -2.27. The van der Waals surface area contributed by atoms with Gasteiger partial charge in [0.25, 0.3) is 0 Å². The van der Waals surface area contributed by atoms with Gasteiger partial charge in [-0.2, -0.15) is 0 Å². The summed E-state index contributed by atoms with van der Waals surface area (Å²) in [6.07, 6.45) is 1.31. The number of rotatable bonds is 2. The molecule has 2 rings (SSSR count). The van der Waals surface area contributed by atoms with Crippen LogP contribution in [0.25, 0.3) is 0 Å². The minimum atomic E-state index is 0.0459. The van der Waals surface area contributed by atoms with Crippen molar-refractivity contribution in [3.05, 3.63) is 35.4 Å². The van der Waals surface area contributed by atoms with Gasteiger partial charge in [0.2, 0.25) is 0 Å². The second-order valence-electron chi connectivity index (χ2n) is 4.69. The van der Waals surface area contributed by atoms with E-state index in [-0.39, 0.29) is 12.1 Å². The fourth-order valence-electron chi connectivity index (χ4n) is 2.16. The summed E-state index contributed by atoms with van der Waals surface area (Å²) in [7, 11) is 0. The molecule has 2 nitrogen and oxygen atoms in total. The molecule has 2 N–H and O–H groups in total. The van der Waals surface area contributed by atoms with Crippen molar-refractivity contribution in [1.82, 2.24) is 0 Å². The van der Waals surface area contributed by atoms with Crippen molar-refractivity contribution in [1.29, 1.82) is 0 Å². The van der Waals surface area contributed by atoms with Gasteiger partial charge in [0.15, 0.2) is 0 Å². The van der Waals surface area contributed by atoms with Crippen LogP contribution in [0.5, 0.6) is 0 Å². The average molecular weight is 205 g/mol. The first kappa shape index (κ1) is 10.7. The Morgan fingerprint density at radius 1 is 1.33 bits per heavy atom. The lowest BCUT2D eigenvalue weighted by Gasteiger charge is -2.30. The van der Waals surface area contributed by atoms with Crippen LogP contribution in [0, 0.1) is 5.92 Å². The summed E-state index contributed by atoms with van der Waals surface area (Å²) < 4.78 is 5.80. The summed E-state index contributed by atoms with van der Waals surface area (Å²) in [5, 5.41) is 0. The quantitative estimate of drug-likeness (QED) is 0.805. The van der Waals surface area contributed by atoms with Crippen LogP contribution >= 0.6 is 0 Å². The molecule has 0 spiro atoms. The van der Waals surface area contributed by atoms with Crippen LogP contribution in [0.1, 0.15) is 43.5 Å². The van der Waals surface area contributed by atoms with E-state index in [1.54, 1.807) is 0 Å². The number of hydrogen-bond donors (Lipinski definition) is 1. The largest absolute Gasteiger partial charge is 0.372 e. The van der Waals surface area contributed by atoms with Gasteiger partial charge in [-0.05, 0) is 23.5 Å². The number of benzene rings is 1. The maximum Gasteiger partial charge on any atom is 0.0831 e. The van der Waals surface area contributed by atoms with E-state index in [2.05, 4.69) is 38.1 Å². The van der Waals surface area contributed by atoms with Gasteiger partial charge in [0.1, 0.15) is 0 Å². The second-order valence-corrected chi connectivity index (χ2v) is 4.69. The molecule has 0 saturated carbocycles. The normalized spacial score (nSPS) is 25.3. The van der Waals surface area contributed by atoms with Crippen molar-refractivity contribution >= 4 is 0 Å². The summed E-state index contributed by atoms with van der Waals surface area (Å²) in [6, 6.07) is 8.42. The molecule has 1 aromatic rings. The smallest absolute Gasteiger partial charge is 0.0831 e. The zero-order valence-corrected chi connectivity index (χ0v) is 9.44. The fraction of sp³-hybridized carbons (Fsp3) is 0.538. The van der Waals surface area contributed by atoms with E-state index in [1.165, 1.54) is 11.1 Å². The van der Waals surface area contributed by atoms with E-state index in [0.29, 0.717) is 12.5 Å². The molecule has 0 amide bonds. The molecular formula is C13H19NO. The maximum absolute atomic E-state index is 6.01. The first-order chi connectivity index (χ1) is 7.18. The van der Waals surface area contributed by atoms with Crippen molar-refractivity contribution in [3.63, 3.8) is 0 Å². The summed E-state index contributed by atoms with van der Waals surface area (Å²) >= 11 is 0. The summed E-state index contributed by atoms with van der Waals surface area (Å²) in [4.78, 5) is 0. The molecule has 1 heterocycles. The minimum absolute atomic E-state index is 0.0459. The predicted molar refractivity (Wildman–Crippen MR) is 61.5 cm³/mol. The van der Waals surface area contributed by atoms with Crippen molar-refractivity contribution < 1.29 is 4.74 Å². The highest BCUT2D eigenvalue weighted by Crippen LogP contribution is 2.34. The number of nitrogens with two attached hydrogens (primary N) is 1. The van der Waals surface area contributed by atoms with E-state index in [1.807, 2.05) is 0 Å². The SMILES string of the molecule is CC(C)CC1OCC(N)c2ccccc21. The third kappa shape index (κ3) is 2.21. The van der Waals surface area contributed by atoms with Crippen molar-refractivity contribution in [2.75, 3.05) is 6.61 Å². The van der Waals surface area contributed by atoms with Gasteiger partial charge >= 0.3 is 0 Å². The molecule has 1 aromatic carbocycles. The van der Waals surface area contributed by atoms with Crippen molar-refractivity contribution in [2.45, 2.75) is 32.4 Å². The third-order valence-corrected chi connectivity index (χ3v) is 2.90. The van der Waals surface area contributed by atoms with Crippen LogP contribution in [0.2, 0.25) is 0 Å². The van der Waals surface area contributed by atoms with Crippen molar-refractivity contribution in [3.8, 4) is 0 Å². The van der Waals surface area contributed by atoms with E-state index in [9.17, 15) is 0 Å². The van der Waals surface area contributed by atoms with Crippen LogP contribution in [-0.4, -0.2) is 6.61 Å². The van der Waals surface area contributed by atoms with Crippen LogP contribution in [0.15, 0.2) is 24.3 Å². The molecule has 1 aliphatic heterocycles. The van der Waals surface area contributed by atoms with Gasteiger partial charge in [0.05, 0.1) is 18.8 Å². The third-order valence-electron chi connectivity index (χ3n) is 2.90. The molecule has 2 heteroatoms. The predicted octanol–water partition coefficient (Wildman–Crippen LogP) is 2.80. The lowest BCUT2D eigenvalue weighted by molar-refractivity contribution is 0.0156. The van der Waals surface area contributed by atoms with Gasteiger partial charge < -0.3 is 10.5 Å². The highest BCUT2D eigenvalue weighted by molar-refractivity contribution is 5.33. The first-order valence-corrected chi connectivity index (χ1v) is 5.64. The van der Waals surface area contributed by atoms with Gasteiger partial charge in [-0.3, -0.25) is 0 Å². The van der Waals surface area contributed by atoms with E-state index in [4.69, 9.17) is 10.5 Å². The lowest BCUT2D eigenvalue weighted by atomic mass is 9.90. The molecule has 0 aliphatic carbocycles. The molecule has 0 radical (unpaired) electrons. The Morgan fingerprint density at radius 3 is 2.67 bits per heavy atom. The average Bonchev–Trinajstić information content (AvgIpc) is 2.22. The summed E-state index contributed by atoms with van der Waals surface area (Å²) in [5.74, 6) is 0.650. The van der Waals surface area contributed by atoms with E-state index < -0.39 is 0 Å². The molecule has 2 unspecified atom stereocenters. The Balaban J connectivity index is 2.28. The van der Waals surface area contributed by atoms with Crippen LogP contribution in [-0.2, 0) is 4.74 Å². The standard InChI is InChI=1S/C13H19NO/c1-9(2)7-13-11-6-4-3-5-10(11)12(14)8-15-13/h3-6,9,12-13H,7-8,14H2,1-2H3.